The Bertz CT molecular complexity index is 766. The van der Waals surface area contributed by atoms with Gasteiger partial charge in [0.1, 0.15) is 5.82 Å². The molecule has 110 valence electrons. The number of nitrogens with one attached hydrogen (secondary N) is 1. The third-order valence-corrected chi connectivity index (χ3v) is 3.98. The van der Waals surface area contributed by atoms with Gasteiger partial charge in [-0.1, -0.05) is 19.3 Å². The molecule has 6 nitrogen and oxygen atoms in total. The second kappa shape index (κ2) is 5.23. The molecule has 0 atom stereocenters. The normalized spacial score (nSPS) is 16.2. The minimum absolute atomic E-state index is 0.0441. The summed E-state index contributed by atoms with van der Waals surface area (Å²) in [6, 6.07) is 1.91. The molecule has 1 aromatic carbocycles. The Balaban J connectivity index is 2.13. The number of halogens is 1. The van der Waals surface area contributed by atoms with Crippen LogP contribution in [-0.2, 0) is 0 Å². The van der Waals surface area contributed by atoms with E-state index in [9.17, 15) is 19.3 Å². The topological polar surface area (TPSA) is 88.9 Å². The monoisotopic (exact) mass is 291 g/mol. The van der Waals surface area contributed by atoms with Crippen LogP contribution in [0, 0.1) is 15.9 Å². The van der Waals surface area contributed by atoms with Crippen LogP contribution in [0.2, 0.25) is 0 Å². The van der Waals surface area contributed by atoms with Gasteiger partial charge in [0.15, 0.2) is 0 Å². The van der Waals surface area contributed by atoms with E-state index in [1.54, 1.807) is 0 Å². The van der Waals surface area contributed by atoms with Crippen LogP contribution >= 0.6 is 0 Å². The SMILES string of the molecule is O=c1[nH]c(C2CCCCC2)nc2cc(F)c([N+](=O)[O-])cc12. The van der Waals surface area contributed by atoms with E-state index >= 15 is 0 Å². The lowest BCUT2D eigenvalue weighted by atomic mass is 9.88. The molecule has 0 bridgehead atoms. The first-order chi connectivity index (χ1) is 10.1. The molecule has 21 heavy (non-hydrogen) atoms. The number of aromatic nitrogens is 2. The molecule has 1 heterocycles. The summed E-state index contributed by atoms with van der Waals surface area (Å²) in [5.74, 6) is -0.241. The summed E-state index contributed by atoms with van der Waals surface area (Å²) in [7, 11) is 0. The van der Waals surface area contributed by atoms with Crippen LogP contribution < -0.4 is 5.56 Å². The second-order valence-electron chi connectivity index (χ2n) is 5.36. The highest BCUT2D eigenvalue weighted by Gasteiger charge is 2.21. The summed E-state index contributed by atoms with van der Waals surface area (Å²) >= 11 is 0. The number of fused-ring (bicyclic) bond motifs is 1. The number of nitro groups is 1. The summed E-state index contributed by atoms with van der Waals surface area (Å²) in [5.41, 5.74) is -0.994. The molecule has 1 N–H and O–H groups in total. The predicted octanol–water partition coefficient (Wildman–Crippen LogP) is 3.02. The van der Waals surface area contributed by atoms with Gasteiger partial charge in [-0.15, -0.1) is 0 Å². The first-order valence-electron chi connectivity index (χ1n) is 6.94. The Morgan fingerprint density at radius 1 is 1.29 bits per heavy atom. The predicted molar refractivity (Wildman–Crippen MR) is 74.8 cm³/mol. The Labute approximate surface area is 119 Å². The minimum Gasteiger partial charge on any atom is -0.310 e. The van der Waals surface area contributed by atoms with Gasteiger partial charge in [0.25, 0.3) is 5.56 Å². The summed E-state index contributed by atoms with van der Waals surface area (Å²) in [6.07, 6.45) is 5.24. The first-order valence-corrected chi connectivity index (χ1v) is 6.94. The van der Waals surface area contributed by atoms with Gasteiger partial charge in [-0.25, -0.2) is 4.98 Å². The third-order valence-electron chi connectivity index (χ3n) is 3.98. The maximum atomic E-state index is 13.7. The summed E-state index contributed by atoms with van der Waals surface area (Å²) in [4.78, 5) is 29.0. The van der Waals surface area contributed by atoms with Crippen molar-refractivity contribution in [1.82, 2.24) is 9.97 Å². The Kier molecular flexibility index (Phi) is 3.40. The van der Waals surface area contributed by atoms with Crippen LogP contribution in [-0.4, -0.2) is 14.9 Å². The second-order valence-corrected chi connectivity index (χ2v) is 5.36. The lowest BCUT2D eigenvalue weighted by molar-refractivity contribution is -0.387. The average molecular weight is 291 g/mol. The number of rotatable bonds is 2. The van der Waals surface area contributed by atoms with Crippen molar-refractivity contribution >= 4 is 16.6 Å². The highest BCUT2D eigenvalue weighted by Crippen LogP contribution is 2.31. The quantitative estimate of drug-likeness (QED) is 0.680. The van der Waals surface area contributed by atoms with E-state index in [-0.39, 0.29) is 16.8 Å². The molecule has 0 spiro atoms. The van der Waals surface area contributed by atoms with Gasteiger partial charge < -0.3 is 4.98 Å². The number of nitrogens with zero attached hydrogens (tertiary/aromatic N) is 2. The fourth-order valence-electron chi connectivity index (χ4n) is 2.88. The van der Waals surface area contributed by atoms with Crippen LogP contribution in [0.3, 0.4) is 0 Å². The highest BCUT2D eigenvalue weighted by atomic mass is 19.1. The van der Waals surface area contributed by atoms with E-state index < -0.39 is 22.0 Å². The smallest absolute Gasteiger partial charge is 0.305 e. The zero-order valence-corrected chi connectivity index (χ0v) is 11.3. The number of aromatic amines is 1. The highest BCUT2D eigenvalue weighted by molar-refractivity contribution is 5.80. The van der Waals surface area contributed by atoms with Crippen LogP contribution in [0.25, 0.3) is 10.9 Å². The van der Waals surface area contributed by atoms with Crippen molar-refractivity contribution in [2.24, 2.45) is 0 Å². The lowest BCUT2D eigenvalue weighted by Gasteiger charge is -2.20. The molecule has 1 saturated carbocycles. The third kappa shape index (κ3) is 2.51. The van der Waals surface area contributed by atoms with Crippen LogP contribution in [0.5, 0.6) is 0 Å². The molecule has 7 heteroatoms. The van der Waals surface area contributed by atoms with E-state index in [4.69, 9.17) is 0 Å². The van der Waals surface area contributed by atoms with E-state index in [0.717, 1.165) is 37.8 Å². The van der Waals surface area contributed by atoms with Crippen LogP contribution in [0.1, 0.15) is 43.8 Å². The first kappa shape index (κ1) is 13.7. The Hall–Kier alpha value is -2.31. The van der Waals surface area contributed by atoms with Gasteiger partial charge in [0.05, 0.1) is 15.8 Å². The van der Waals surface area contributed by atoms with Crippen LogP contribution in [0.15, 0.2) is 16.9 Å². The van der Waals surface area contributed by atoms with Gasteiger partial charge in [-0.2, -0.15) is 4.39 Å². The number of benzene rings is 1. The number of H-pyrrole nitrogens is 1. The molecule has 3 rings (SSSR count). The van der Waals surface area contributed by atoms with Crippen molar-refractivity contribution in [3.05, 3.63) is 44.2 Å². The van der Waals surface area contributed by atoms with E-state index in [1.165, 1.54) is 6.42 Å². The van der Waals surface area contributed by atoms with Gasteiger partial charge in [-0.3, -0.25) is 14.9 Å². The number of nitro benzene ring substituents is 1. The maximum Gasteiger partial charge on any atom is 0.305 e. The van der Waals surface area contributed by atoms with Gasteiger partial charge in [0, 0.05) is 18.1 Å². The Morgan fingerprint density at radius 3 is 2.67 bits per heavy atom. The fraction of sp³-hybridized carbons (Fsp3) is 0.429. The van der Waals surface area contributed by atoms with Gasteiger partial charge in [0.2, 0.25) is 5.82 Å². The maximum absolute atomic E-state index is 13.7. The molecule has 0 saturated heterocycles. The molecular weight excluding hydrogens is 277 g/mol. The van der Waals surface area contributed by atoms with Crippen molar-refractivity contribution < 1.29 is 9.31 Å². The molecular formula is C14H14FN3O3. The number of hydrogen-bond donors (Lipinski definition) is 1. The molecule has 0 radical (unpaired) electrons. The zero-order chi connectivity index (χ0) is 15.0. The summed E-state index contributed by atoms with van der Waals surface area (Å²) in [6.45, 7) is 0. The summed E-state index contributed by atoms with van der Waals surface area (Å²) < 4.78 is 13.7. The van der Waals surface area contributed by atoms with Gasteiger partial charge >= 0.3 is 5.69 Å². The van der Waals surface area contributed by atoms with Crippen molar-refractivity contribution in [1.29, 1.82) is 0 Å². The van der Waals surface area contributed by atoms with E-state index in [1.807, 2.05) is 0 Å². The standard InChI is InChI=1S/C14H14FN3O3/c15-10-7-11-9(6-12(10)18(20)21)14(19)17-13(16-11)8-4-2-1-3-5-8/h6-8H,1-5H2,(H,16,17,19). The zero-order valence-electron chi connectivity index (χ0n) is 11.3. The molecule has 0 aliphatic heterocycles. The van der Waals surface area contributed by atoms with Crippen molar-refractivity contribution in [2.45, 2.75) is 38.0 Å². The van der Waals surface area contributed by atoms with Crippen molar-refractivity contribution in [3.8, 4) is 0 Å². The molecule has 0 amide bonds. The molecule has 1 aliphatic rings. The molecule has 0 unspecified atom stereocenters. The van der Waals surface area contributed by atoms with Gasteiger partial charge in [-0.05, 0) is 12.8 Å². The fourth-order valence-corrected chi connectivity index (χ4v) is 2.88. The molecule has 2 aromatic rings. The van der Waals surface area contributed by atoms with E-state index in [2.05, 4.69) is 9.97 Å². The summed E-state index contributed by atoms with van der Waals surface area (Å²) in [5, 5.41) is 10.8. The number of hydrogen-bond acceptors (Lipinski definition) is 4. The molecule has 1 aromatic heterocycles. The van der Waals surface area contributed by atoms with Crippen molar-refractivity contribution in [2.75, 3.05) is 0 Å². The van der Waals surface area contributed by atoms with Crippen molar-refractivity contribution in [3.63, 3.8) is 0 Å². The van der Waals surface area contributed by atoms with E-state index in [0.29, 0.717) is 5.82 Å². The minimum atomic E-state index is -0.972. The lowest BCUT2D eigenvalue weighted by Crippen LogP contribution is -2.17. The molecule has 1 aliphatic carbocycles. The average Bonchev–Trinajstić information content (AvgIpc) is 2.47. The Morgan fingerprint density at radius 2 is 2.00 bits per heavy atom. The molecule has 1 fully saturated rings. The van der Waals surface area contributed by atoms with Crippen LogP contribution in [0.4, 0.5) is 10.1 Å². The largest absolute Gasteiger partial charge is 0.310 e.